The second-order valence-corrected chi connectivity index (χ2v) is 6.74. The summed E-state index contributed by atoms with van der Waals surface area (Å²) < 4.78 is 0. The Hall–Kier alpha value is -1.39. The first-order valence-electron chi connectivity index (χ1n) is 8.36. The first-order valence-corrected chi connectivity index (χ1v) is 8.36. The molecule has 1 amide bonds. The Kier molecular flexibility index (Phi) is 6.40. The van der Waals surface area contributed by atoms with Crippen molar-refractivity contribution in [1.82, 2.24) is 10.2 Å². The summed E-state index contributed by atoms with van der Waals surface area (Å²) in [6.45, 7) is 7.89. The van der Waals surface area contributed by atoms with Crippen molar-refractivity contribution in [1.29, 1.82) is 0 Å². The van der Waals surface area contributed by atoms with Crippen molar-refractivity contribution in [2.45, 2.75) is 39.3 Å². The molecule has 0 aromatic heterocycles. The van der Waals surface area contributed by atoms with Crippen molar-refractivity contribution in [2.24, 2.45) is 17.6 Å². The smallest absolute Gasteiger partial charge is 0.237 e. The van der Waals surface area contributed by atoms with Crippen LogP contribution in [0.15, 0.2) is 30.3 Å². The third-order valence-electron chi connectivity index (χ3n) is 4.44. The summed E-state index contributed by atoms with van der Waals surface area (Å²) in [5.41, 5.74) is 7.24. The molecule has 0 bridgehead atoms. The lowest BCUT2D eigenvalue weighted by Gasteiger charge is -2.33. The largest absolute Gasteiger partial charge is 0.354 e. The summed E-state index contributed by atoms with van der Waals surface area (Å²) in [4.78, 5) is 14.4. The number of nitrogens with zero attached hydrogens (tertiary/aromatic N) is 1. The standard InChI is InChI=1S/C18H29N3O/c1-14(2)17(19)18(22)20-11-16-9-6-10-21(13-16)12-15-7-4-3-5-8-15/h3-5,7-8,14,16-17H,6,9-13,19H2,1-2H3,(H,20,22)/t16-,17-/m0/s1. The van der Waals surface area contributed by atoms with Gasteiger partial charge in [-0.3, -0.25) is 9.69 Å². The molecule has 1 aliphatic heterocycles. The number of carbonyl (C=O) groups excluding carboxylic acids is 1. The van der Waals surface area contributed by atoms with Crippen LogP contribution in [0.1, 0.15) is 32.3 Å². The van der Waals surface area contributed by atoms with Crippen molar-refractivity contribution >= 4 is 5.91 Å². The van der Waals surface area contributed by atoms with Gasteiger partial charge >= 0.3 is 0 Å². The monoisotopic (exact) mass is 303 g/mol. The van der Waals surface area contributed by atoms with E-state index in [-0.39, 0.29) is 11.8 Å². The van der Waals surface area contributed by atoms with Gasteiger partial charge in [0.05, 0.1) is 6.04 Å². The highest BCUT2D eigenvalue weighted by Crippen LogP contribution is 2.18. The minimum Gasteiger partial charge on any atom is -0.354 e. The average Bonchev–Trinajstić information content (AvgIpc) is 2.53. The summed E-state index contributed by atoms with van der Waals surface area (Å²) >= 11 is 0. The molecule has 1 saturated heterocycles. The zero-order chi connectivity index (χ0) is 15.9. The van der Waals surface area contributed by atoms with E-state index in [9.17, 15) is 4.79 Å². The van der Waals surface area contributed by atoms with Crippen molar-refractivity contribution in [3.05, 3.63) is 35.9 Å². The highest BCUT2D eigenvalue weighted by molar-refractivity contribution is 5.81. The zero-order valence-corrected chi connectivity index (χ0v) is 13.8. The molecule has 2 rings (SSSR count). The van der Waals surface area contributed by atoms with Gasteiger partial charge in [-0.1, -0.05) is 44.2 Å². The van der Waals surface area contributed by atoms with Crippen molar-refractivity contribution in [3.63, 3.8) is 0 Å². The van der Waals surface area contributed by atoms with Crippen LogP contribution >= 0.6 is 0 Å². The van der Waals surface area contributed by atoms with E-state index < -0.39 is 6.04 Å². The van der Waals surface area contributed by atoms with E-state index in [2.05, 4.69) is 40.5 Å². The normalized spacial score (nSPS) is 20.8. The predicted molar refractivity (Wildman–Crippen MR) is 90.3 cm³/mol. The van der Waals surface area contributed by atoms with Crippen LogP contribution in [-0.2, 0) is 11.3 Å². The number of piperidine rings is 1. The first-order chi connectivity index (χ1) is 10.6. The van der Waals surface area contributed by atoms with Crippen molar-refractivity contribution in [3.8, 4) is 0 Å². The maximum Gasteiger partial charge on any atom is 0.237 e. The molecule has 0 spiro atoms. The van der Waals surface area contributed by atoms with Gasteiger partial charge in [0.15, 0.2) is 0 Å². The van der Waals surface area contributed by atoms with Gasteiger partial charge in [0.25, 0.3) is 0 Å². The van der Waals surface area contributed by atoms with E-state index in [0.717, 1.165) is 26.2 Å². The van der Waals surface area contributed by atoms with Gasteiger partial charge in [0, 0.05) is 19.6 Å². The SMILES string of the molecule is CC(C)[C@H](N)C(=O)NC[C@@H]1CCCN(Cc2ccccc2)C1. The van der Waals surface area contributed by atoms with Crippen LogP contribution in [-0.4, -0.2) is 36.5 Å². The van der Waals surface area contributed by atoms with Gasteiger partial charge in [-0.15, -0.1) is 0 Å². The maximum atomic E-state index is 11.9. The number of benzene rings is 1. The molecule has 2 atom stereocenters. The van der Waals surface area contributed by atoms with Gasteiger partial charge in [-0.05, 0) is 36.8 Å². The molecule has 1 fully saturated rings. The van der Waals surface area contributed by atoms with Gasteiger partial charge < -0.3 is 11.1 Å². The highest BCUT2D eigenvalue weighted by Gasteiger charge is 2.22. The van der Waals surface area contributed by atoms with Crippen molar-refractivity contribution < 1.29 is 4.79 Å². The zero-order valence-electron chi connectivity index (χ0n) is 13.8. The number of nitrogens with two attached hydrogens (primary N) is 1. The van der Waals surface area contributed by atoms with E-state index in [0.29, 0.717) is 5.92 Å². The number of carbonyl (C=O) groups is 1. The average molecular weight is 303 g/mol. The first kappa shape index (κ1) is 17.0. The second-order valence-electron chi connectivity index (χ2n) is 6.74. The van der Waals surface area contributed by atoms with Crippen LogP contribution in [0.5, 0.6) is 0 Å². The molecule has 0 saturated carbocycles. The van der Waals surface area contributed by atoms with Gasteiger partial charge in [0.1, 0.15) is 0 Å². The highest BCUT2D eigenvalue weighted by atomic mass is 16.2. The number of rotatable bonds is 6. The summed E-state index contributed by atoms with van der Waals surface area (Å²) in [5.74, 6) is 0.692. The summed E-state index contributed by atoms with van der Waals surface area (Å²) in [7, 11) is 0. The lowest BCUT2D eigenvalue weighted by molar-refractivity contribution is -0.123. The molecule has 1 aliphatic rings. The number of likely N-dealkylation sites (tertiary alicyclic amines) is 1. The molecule has 0 radical (unpaired) electrons. The van der Waals surface area contributed by atoms with Gasteiger partial charge in [0.2, 0.25) is 5.91 Å². The number of hydrogen-bond donors (Lipinski definition) is 2. The third kappa shape index (κ3) is 5.11. The third-order valence-corrected chi connectivity index (χ3v) is 4.44. The lowest BCUT2D eigenvalue weighted by atomic mass is 9.97. The molecule has 4 nitrogen and oxygen atoms in total. The fourth-order valence-corrected chi connectivity index (χ4v) is 2.97. The Balaban J connectivity index is 1.77. The van der Waals surface area contributed by atoms with E-state index in [4.69, 9.17) is 5.73 Å². The molecule has 4 heteroatoms. The lowest BCUT2D eigenvalue weighted by Crippen LogP contribution is -2.47. The predicted octanol–water partition coefficient (Wildman–Crippen LogP) is 2.00. The molecule has 1 aromatic rings. The number of hydrogen-bond acceptors (Lipinski definition) is 3. The molecule has 3 N–H and O–H groups in total. The molecule has 22 heavy (non-hydrogen) atoms. The number of amides is 1. The Bertz CT molecular complexity index is 461. The van der Waals surface area contributed by atoms with E-state index >= 15 is 0 Å². The molecule has 122 valence electrons. The summed E-state index contributed by atoms with van der Waals surface area (Å²) in [5, 5.41) is 3.03. The summed E-state index contributed by atoms with van der Waals surface area (Å²) in [6, 6.07) is 10.2. The van der Waals surface area contributed by atoms with Gasteiger partial charge in [-0.25, -0.2) is 0 Å². The van der Waals surface area contributed by atoms with Crippen molar-refractivity contribution in [2.75, 3.05) is 19.6 Å². The van der Waals surface area contributed by atoms with E-state index in [1.165, 1.54) is 18.4 Å². The van der Waals surface area contributed by atoms with Crippen LogP contribution in [0.3, 0.4) is 0 Å². The Morgan fingerprint density at radius 3 is 2.77 bits per heavy atom. The van der Waals surface area contributed by atoms with Crippen LogP contribution < -0.4 is 11.1 Å². The molecule has 0 aliphatic carbocycles. The molecular formula is C18H29N3O. The van der Waals surface area contributed by atoms with Crippen LogP contribution in [0.25, 0.3) is 0 Å². The quantitative estimate of drug-likeness (QED) is 0.845. The van der Waals surface area contributed by atoms with Crippen LogP contribution in [0.2, 0.25) is 0 Å². The fraction of sp³-hybridized carbons (Fsp3) is 0.611. The minimum atomic E-state index is -0.399. The fourth-order valence-electron chi connectivity index (χ4n) is 2.97. The van der Waals surface area contributed by atoms with Crippen LogP contribution in [0, 0.1) is 11.8 Å². The Labute approximate surface area is 134 Å². The second kappa shape index (κ2) is 8.30. The minimum absolute atomic E-state index is 0.0183. The topological polar surface area (TPSA) is 58.4 Å². The van der Waals surface area contributed by atoms with E-state index in [1.807, 2.05) is 13.8 Å². The molecular weight excluding hydrogens is 274 g/mol. The number of nitrogens with one attached hydrogen (secondary N) is 1. The Morgan fingerprint density at radius 2 is 2.09 bits per heavy atom. The molecule has 0 unspecified atom stereocenters. The van der Waals surface area contributed by atoms with Crippen LogP contribution in [0.4, 0.5) is 0 Å². The molecule has 1 aromatic carbocycles. The van der Waals surface area contributed by atoms with E-state index in [1.54, 1.807) is 0 Å². The molecule has 1 heterocycles. The van der Waals surface area contributed by atoms with Gasteiger partial charge in [-0.2, -0.15) is 0 Å². The Morgan fingerprint density at radius 1 is 1.36 bits per heavy atom. The summed E-state index contributed by atoms with van der Waals surface area (Å²) in [6.07, 6.45) is 2.38. The maximum absolute atomic E-state index is 11.9.